The molecule has 0 bridgehead atoms. The van der Waals surface area contributed by atoms with Crippen LogP contribution in [0, 0.1) is 5.82 Å². The summed E-state index contributed by atoms with van der Waals surface area (Å²) in [5, 5.41) is 0.282. The summed E-state index contributed by atoms with van der Waals surface area (Å²) < 4.78 is 20.0. The zero-order valence-corrected chi connectivity index (χ0v) is 14.2. The second kappa shape index (κ2) is 5.85. The van der Waals surface area contributed by atoms with Crippen molar-refractivity contribution in [1.82, 2.24) is 4.90 Å². The average Bonchev–Trinajstić information content (AvgIpc) is 3.32. The van der Waals surface area contributed by atoms with Gasteiger partial charge in [0.1, 0.15) is 0 Å². The molecule has 2 amide bonds. The lowest BCUT2D eigenvalue weighted by Gasteiger charge is -2.15. The van der Waals surface area contributed by atoms with E-state index in [1.165, 1.54) is 11.0 Å². The molecule has 1 fully saturated rings. The smallest absolute Gasteiger partial charge is 0.261 e. The normalized spacial score (nSPS) is 21.5. The number of ether oxygens (including phenoxy) is 1. The Labute approximate surface area is 149 Å². The summed E-state index contributed by atoms with van der Waals surface area (Å²) in [6, 6.07) is 9.41. The molecule has 0 saturated heterocycles. The van der Waals surface area contributed by atoms with E-state index in [0.29, 0.717) is 29.7 Å². The molecule has 4 rings (SSSR count). The molecule has 0 aromatic heterocycles. The Morgan fingerprint density at radius 2 is 1.80 bits per heavy atom. The molecule has 0 spiro atoms. The highest BCUT2D eigenvalue weighted by Gasteiger charge is 2.52. The number of fused-ring (bicyclic) bond motifs is 1. The summed E-state index contributed by atoms with van der Waals surface area (Å²) >= 11 is 6.19. The molecule has 1 heterocycles. The summed E-state index contributed by atoms with van der Waals surface area (Å²) in [5.41, 5.74) is 1.11. The molecule has 128 valence electrons. The number of imide groups is 1. The van der Waals surface area contributed by atoms with Gasteiger partial charge in [0.25, 0.3) is 11.8 Å². The van der Waals surface area contributed by atoms with Crippen LogP contribution in [0.5, 0.6) is 5.75 Å². The van der Waals surface area contributed by atoms with Crippen molar-refractivity contribution in [1.29, 1.82) is 0 Å². The topological polar surface area (TPSA) is 46.6 Å². The van der Waals surface area contributed by atoms with Gasteiger partial charge in [0.15, 0.2) is 11.6 Å². The maximum Gasteiger partial charge on any atom is 0.261 e. The van der Waals surface area contributed by atoms with Crippen LogP contribution in [-0.2, 0) is 0 Å². The van der Waals surface area contributed by atoms with Crippen LogP contribution < -0.4 is 4.74 Å². The Kier molecular flexibility index (Phi) is 3.76. The summed E-state index contributed by atoms with van der Waals surface area (Å²) in [5.74, 6) is -1.35. The lowest BCUT2D eigenvalue weighted by Crippen LogP contribution is -2.32. The summed E-state index contributed by atoms with van der Waals surface area (Å²) in [7, 11) is 0. The monoisotopic (exact) mass is 359 g/mol. The lowest BCUT2D eigenvalue weighted by molar-refractivity contribution is 0.0639. The summed E-state index contributed by atoms with van der Waals surface area (Å²) in [4.78, 5) is 26.4. The van der Waals surface area contributed by atoms with Crippen molar-refractivity contribution in [2.75, 3.05) is 6.61 Å². The van der Waals surface area contributed by atoms with E-state index >= 15 is 0 Å². The number of benzene rings is 2. The van der Waals surface area contributed by atoms with Crippen LogP contribution in [0.25, 0.3) is 0 Å². The van der Waals surface area contributed by atoms with Crippen LogP contribution in [0.2, 0.25) is 5.02 Å². The molecule has 2 atom stereocenters. The lowest BCUT2D eigenvalue weighted by atomic mass is 10.1. The van der Waals surface area contributed by atoms with Crippen LogP contribution in [0.4, 0.5) is 4.39 Å². The van der Waals surface area contributed by atoms with Crippen molar-refractivity contribution in [3.63, 3.8) is 0 Å². The Morgan fingerprint density at radius 3 is 2.40 bits per heavy atom. The highest BCUT2D eigenvalue weighted by Crippen LogP contribution is 2.51. The van der Waals surface area contributed by atoms with E-state index in [-0.39, 0.29) is 34.5 Å². The Bertz CT molecular complexity index is 863. The van der Waals surface area contributed by atoms with Crippen LogP contribution in [0.15, 0.2) is 36.4 Å². The van der Waals surface area contributed by atoms with E-state index in [0.717, 1.165) is 0 Å². The first-order chi connectivity index (χ1) is 12.0. The van der Waals surface area contributed by atoms with Gasteiger partial charge in [0.05, 0.1) is 17.7 Å². The Morgan fingerprint density at radius 1 is 1.16 bits per heavy atom. The molecule has 0 radical (unpaired) electrons. The number of carbonyl (C=O) groups excluding carboxylic acids is 2. The molecule has 2 aliphatic rings. The summed E-state index contributed by atoms with van der Waals surface area (Å²) in [6.07, 6.45) is 0.498. The molecule has 1 aliphatic carbocycles. The fraction of sp³-hybridized carbons (Fsp3) is 0.263. The Balaban J connectivity index is 1.65. The van der Waals surface area contributed by atoms with Gasteiger partial charge in [-0.3, -0.25) is 14.5 Å². The first-order valence-electron chi connectivity index (χ1n) is 8.12. The standard InChI is InChI=1S/C19H15ClFNO3/c1-2-25-15-8-7-13(20)16(17(15)21)12-9-14(12)22-18(23)10-5-3-4-6-11(10)19(22)24/h3-8,12,14H,2,9H2,1H3. The molecule has 1 aliphatic heterocycles. The second-order valence-electron chi connectivity index (χ2n) is 6.14. The molecule has 2 unspecified atom stereocenters. The maximum absolute atomic E-state index is 14.7. The number of hydrogen-bond acceptors (Lipinski definition) is 3. The van der Waals surface area contributed by atoms with Crippen LogP contribution >= 0.6 is 11.6 Å². The molecule has 2 aromatic carbocycles. The predicted molar refractivity (Wildman–Crippen MR) is 90.7 cm³/mol. The van der Waals surface area contributed by atoms with Gasteiger partial charge in [-0.05, 0) is 37.6 Å². The third kappa shape index (κ3) is 2.42. The minimum Gasteiger partial charge on any atom is -0.491 e. The predicted octanol–water partition coefficient (Wildman–Crippen LogP) is 4.03. The van der Waals surface area contributed by atoms with Crippen molar-refractivity contribution < 1.29 is 18.7 Å². The van der Waals surface area contributed by atoms with E-state index in [9.17, 15) is 14.0 Å². The van der Waals surface area contributed by atoms with Crippen molar-refractivity contribution >= 4 is 23.4 Å². The van der Waals surface area contributed by atoms with E-state index in [1.807, 2.05) is 0 Å². The molecular weight excluding hydrogens is 345 g/mol. The number of amides is 2. The zero-order chi connectivity index (χ0) is 17.7. The highest BCUT2D eigenvalue weighted by molar-refractivity contribution is 6.31. The molecule has 25 heavy (non-hydrogen) atoms. The van der Waals surface area contributed by atoms with Gasteiger partial charge < -0.3 is 4.74 Å². The van der Waals surface area contributed by atoms with Gasteiger partial charge in [-0.15, -0.1) is 0 Å². The number of rotatable bonds is 4. The van der Waals surface area contributed by atoms with Gasteiger partial charge in [0.2, 0.25) is 0 Å². The van der Waals surface area contributed by atoms with Gasteiger partial charge in [-0.2, -0.15) is 0 Å². The largest absolute Gasteiger partial charge is 0.491 e. The van der Waals surface area contributed by atoms with Crippen LogP contribution in [0.1, 0.15) is 45.5 Å². The van der Waals surface area contributed by atoms with Crippen molar-refractivity contribution in [2.45, 2.75) is 25.3 Å². The highest BCUT2D eigenvalue weighted by atomic mass is 35.5. The molecular formula is C19H15ClFNO3. The SMILES string of the molecule is CCOc1ccc(Cl)c(C2CC2N2C(=O)c3ccccc3C2=O)c1F. The average molecular weight is 360 g/mol. The molecule has 0 N–H and O–H groups in total. The maximum atomic E-state index is 14.7. The first kappa shape index (κ1) is 16.1. The van der Waals surface area contributed by atoms with Crippen LogP contribution in [0.3, 0.4) is 0 Å². The van der Waals surface area contributed by atoms with Gasteiger partial charge in [0, 0.05) is 22.5 Å². The number of carbonyl (C=O) groups is 2. The third-order valence-electron chi connectivity index (χ3n) is 4.68. The number of hydrogen-bond donors (Lipinski definition) is 0. The quantitative estimate of drug-likeness (QED) is 0.774. The minimum absolute atomic E-state index is 0.134. The second-order valence-corrected chi connectivity index (χ2v) is 6.55. The van der Waals surface area contributed by atoms with E-state index in [1.54, 1.807) is 37.3 Å². The van der Waals surface area contributed by atoms with Gasteiger partial charge in [-0.1, -0.05) is 23.7 Å². The van der Waals surface area contributed by atoms with E-state index in [4.69, 9.17) is 16.3 Å². The fourth-order valence-corrected chi connectivity index (χ4v) is 3.73. The summed E-state index contributed by atoms with van der Waals surface area (Å²) in [6.45, 7) is 2.11. The fourth-order valence-electron chi connectivity index (χ4n) is 3.44. The first-order valence-corrected chi connectivity index (χ1v) is 8.50. The number of nitrogens with zero attached hydrogens (tertiary/aromatic N) is 1. The third-order valence-corrected chi connectivity index (χ3v) is 5.01. The van der Waals surface area contributed by atoms with Crippen molar-refractivity contribution in [3.8, 4) is 5.75 Å². The van der Waals surface area contributed by atoms with Crippen molar-refractivity contribution in [3.05, 3.63) is 63.9 Å². The molecule has 6 heteroatoms. The van der Waals surface area contributed by atoms with Crippen LogP contribution in [-0.4, -0.2) is 29.4 Å². The molecule has 4 nitrogen and oxygen atoms in total. The number of halogens is 2. The molecule has 1 saturated carbocycles. The van der Waals surface area contributed by atoms with Gasteiger partial charge >= 0.3 is 0 Å². The Hall–Kier alpha value is -2.40. The van der Waals surface area contributed by atoms with E-state index in [2.05, 4.69) is 0 Å². The van der Waals surface area contributed by atoms with E-state index < -0.39 is 5.82 Å². The van der Waals surface area contributed by atoms with Crippen molar-refractivity contribution in [2.24, 2.45) is 0 Å². The zero-order valence-electron chi connectivity index (χ0n) is 13.5. The molecule has 2 aromatic rings. The minimum atomic E-state index is -0.515. The van der Waals surface area contributed by atoms with Gasteiger partial charge in [-0.25, -0.2) is 4.39 Å².